The van der Waals surface area contributed by atoms with Crippen molar-refractivity contribution in [2.75, 3.05) is 26.3 Å². The van der Waals surface area contributed by atoms with Crippen molar-refractivity contribution in [3.63, 3.8) is 0 Å². The van der Waals surface area contributed by atoms with Crippen LogP contribution in [0.15, 0.2) is 0 Å². The van der Waals surface area contributed by atoms with E-state index in [2.05, 4.69) is 11.8 Å². The van der Waals surface area contributed by atoms with E-state index in [4.69, 9.17) is 10.5 Å². The lowest BCUT2D eigenvalue weighted by atomic mass is 10.0. The molecule has 0 spiro atoms. The van der Waals surface area contributed by atoms with Crippen LogP contribution in [0.4, 0.5) is 0 Å². The standard InChI is InChI=1S/C11H22N2O/c1-9(12)10-2-5-13(8-10)11-3-6-14-7-4-11/h9-11H,2-8,12H2,1H3. The molecule has 0 bridgehead atoms. The third-order valence-electron chi connectivity index (χ3n) is 3.71. The molecule has 0 amide bonds. The molecule has 0 aromatic rings. The second kappa shape index (κ2) is 4.60. The molecule has 0 saturated carbocycles. The van der Waals surface area contributed by atoms with Gasteiger partial charge in [-0.25, -0.2) is 0 Å². The Hall–Kier alpha value is -0.120. The summed E-state index contributed by atoms with van der Waals surface area (Å²) in [6, 6.07) is 1.13. The van der Waals surface area contributed by atoms with E-state index in [9.17, 15) is 0 Å². The molecular weight excluding hydrogens is 176 g/mol. The van der Waals surface area contributed by atoms with Crippen molar-refractivity contribution in [2.24, 2.45) is 11.7 Å². The van der Waals surface area contributed by atoms with Crippen LogP contribution in [0.5, 0.6) is 0 Å². The van der Waals surface area contributed by atoms with Gasteiger partial charge in [-0.3, -0.25) is 4.90 Å². The van der Waals surface area contributed by atoms with E-state index < -0.39 is 0 Å². The van der Waals surface area contributed by atoms with Crippen LogP contribution >= 0.6 is 0 Å². The van der Waals surface area contributed by atoms with E-state index in [0.717, 1.165) is 25.2 Å². The highest BCUT2D eigenvalue weighted by Crippen LogP contribution is 2.24. The third-order valence-corrected chi connectivity index (χ3v) is 3.71. The van der Waals surface area contributed by atoms with Crippen molar-refractivity contribution in [3.05, 3.63) is 0 Å². The number of hydrogen-bond donors (Lipinski definition) is 1. The van der Waals surface area contributed by atoms with Gasteiger partial charge in [0.2, 0.25) is 0 Å². The first kappa shape index (κ1) is 10.4. The van der Waals surface area contributed by atoms with Crippen molar-refractivity contribution < 1.29 is 4.74 Å². The summed E-state index contributed by atoms with van der Waals surface area (Å²) < 4.78 is 5.38. The van der Waals surface area contributed by atoms with Gasteiger partial charge in [0.25, 0.3) is 0 Å². The number of nitrogens with zero attached hydrogens (tertiary/aromatic N) is 1. The number of likely N-dealkylation sites (tertiary alicyclic amines) is 1. The first-order valence-electron chi connectivity index (χ1n) is 5.85. The predicted octanol–water partition coefficient (Wildman–Crippen LogP) is 0.834. The van der Waals surface area contributed by atoms with Gasteiger partial charge in [-0.2, -0.15) is 0 Å². The van der Waals surface area contributed by atoms with Crippen LogP contribution in [0.3, 0.4) is 0 Å². The van der Waals surface area contributed by atoms with E-state index in [1.165, 1.54) is 32.4 Å². The Balaban J connectivity index is 1.82. The molecular formula is C11H22N2O. The number of ether oxygens (including phenoxy) is 1. The van der Waals surface area contributed by atoms with Gasteiger partial charge in [0.05, 0.1) is 0 Å². The molecule has 3 heteroatoms. The Morgan fingerprint density at radius 1 is 1.29 bits per heavy atom. The minimum absolute atomic E-state index is 0.361. The zero-order chi connectivity index (χ0) is 9.97. The van der Waals surface area contributed by atoms with Gasteiger partial charge in [-0.05, 0) is 38.6 Å². The average molecular weight is 198 g/mol. The minimum Gasteiger partial charge on any atom is -0.381 e. The molecule has 2 fully saturated rings. The van der Waals surface area contributed by atoms with Gasteiger partial charge in [0, 0.05) is 31.8 Å². The fraction of sp³-hybridized carbons (Fsp3) is 1.00. The van der Waals surface area contributed by atoms with E-state index in [0.29, 0.717) is 6.04 Å². The molecule has 2 heterocycles. The Kier molecular flexibility index (Phi) is 3.42. The van der Waals surface area contributed by atoms with E-state index in [1.807, 2.05) is 0 Å². The first-order chi connectivity index (χ1) is 6.77. The minimum atomic E-state index is 0.361. The molecule has 0 radical (unpaired) electrons. The first-order valence-corrected chi connectivity index (χ1v) is 5.85. The lowest BCUT2D eigenvalue weighted by molar-refractivity contribution is 0.0409. The molecule has 2 atom stereocenters. The lowest BCUT2D eigenvalue weighted by Gasteiger charge is -2.31. The summed E-state index contributed by atoms with van der Waals surface area (Å²) in [5, 5.41) is 0. The number of hydrogen-bond acceptors (Lipinski definition) is 3. The summed E-state index contributed by atoms with van der Waals surface area (Å²) in [4.78, 5) is 2.62. The SMILES string of the molecule is CC(N)C1CCN(C2CCOCC2)C1. The van der Waals surface area contributed by atoms with Crippen molar-refractivity contribution in [2.45, 2.75) is 38.3 Å². The summed E-state index contributed by atoms with van der Waals surface area (Å²) >= 11 is 0. The second-order valence-electron chi connectivity index (χ2n) is 4.75. The summed E-state index contributed by atoms with van der Waals surface area (Å²) in [6.07, 6.45) is 3.71. The zero-order valence-electron chi connectivity index (χ0n) is 9.11. The van der Waals surface area contributed by atoms with Gasteiger partial charge in [-0.15, -0.1) is 0 Å². The highest BCUT2D eigenvalue weighted by molar-refractivity contribution is 4.85. The van der Waals surface area contributed by atoms with Gasteiger partial charge in [0.1, 0.15) is 0 Å². The van der Waals surface area contributed by atoms with Crippen LogP contribution in [0.2, 0.25) is 0 Å². The molecule has 0 aromatic heterocycles. The third kappa shape index (κ3) is 2.27. The fourth-order valence-corrected chi connectivity index (χ4v) is 2.63. The molecule has 2 aliphatic heterocycles. The maximum Gasteiger partial charge on any atom is 0.0480 e. The molecule has 14 heavy (non-hydrogen) atoms. The van der Waals surface area contributed by atoms with Crippen LogP contribution in [0.25, 0.3) is 0 Å². The highest BCUT2D eigenvalue weighted by atomic mass is 16.5. The molecule has 2 N–H and O–H groups in total. The summed E-state index contributed by atoms with van der Waals surface area (Å²) in [7, 11) is 0. The molecule has 2 aliphatic rings. The number of nitrogens with two attached hydrogens (primary N) is 1. The Bertz CT molecular complexity index is 178. The van der Waals surface area contributed by atoms with Crippen LogP contribution in [0.1, 0.15) is 26.2 Å². The van der Waals surface area contributed by atoms with Crippen LogP contribution in [0, 0.1) is 5.92 Å². The average Bonchev–Trinajstić information content (AvgIpc) is 2.68. The molecule has 2 saturated heterocycles. The van der Waals surface area contributed by atoms with Gasteiger partial charge in [-0.1, -0.05) is 0 Å². The van der Waals surface area contributed by atoms with Crippen molar-refractivity contribution in [1.29, 1.82) is 0 Å². The van der Waals surface area contributed by atoms with Gasteiger partial charge < -0.3 is 10.5 Å². The smallest absolute Gasteiger partial charge is 0.0480 e. The Labute approximate surface area is 86.6 Å². The highest BCUT2D eigenvalue weighted by Gasteiger charge is 2.30. The molecule has 0 aliphatic carbocycles. The maximum atomic E-state index is 5.94. The fourth-order valence-electron chi connectivity index (χ4n) is 2.63. The lowest BCUT2D eigenvalue weighted by Crippen LogP contribution is -2.39. The van der Waals surface area contributed by atoms with Gasteiger partial charge in [0.15, 0.2) is 0 Å². The van der Waals surface area contributed by atoms with Crippen molar-refractivity contribution >= 4 is 0 Å². The molecule has 0 aromatic carbocycles. The van der Waals surface area contributed by atoms with Gasteiger partial charge >= 0.3 is 0 Å². The summed E-state index contributed by atoms with van der Waals surface area (Å²) in [5.74, 6) is 0.720. The molecule has 2 rings (SSSR count). The molecule has 3 nitrogen and oxygen atoms in total. The van der Waals surface area contributed by atoms with Crippen LogP contribution < -0.4 is 5.73 Å². The van der Waals surface area contributed by atoms with E-state index >= 15 is 0 Å². The van der Waals surface area contributed by atoms with Crippen LogP contribution in [-0.2, 0) is 4.74 Å². The van der Waals surface area contributed by atoms with E-state index in [1.54, 1.807) is 0 Å². The normalized spacial score (nSPS) is 33.4. The van der Waals surface area contributed by atoms with Crippen molar-refractivity contribution in [3.8, 4) is 0 Å². The predicted molar refractivity (Wildman–Crippen MR) is 57.2 cm³/mol. The molecule has 82 valence electrons. The second-order valence-corrected chi connectivity index (χ2v) is 4.75. The quantitative estimate of drug-likeness (QED) is 0.714. The van der Waals surface area contributed by atoms with Crippen LogP contribution in [-0.4, -0.2) is 43.3 Å². The summed E-state index contributed by atoms with van der Waals surface area (Å²) in [6.45, 7) is 6.49. The summed E-state index contributed by atoms with van der Waals surface area (Å²) in [5.41, 5.74) is 5.94. The largest absolute Gasteiger partial charge is 0.381 e. The monoisotopic (exact) mass is 198 g/mol. The maximum absolute atomic E-state index is 5.94. The Morgan fingerprint density at radius 2 is 2.00 bits per heavy atom. The molecule has 2 unspecified atom stereocenters. The topological polar surface area (TPSA) is 38.5 Å². The van der Waals surface area contributed by atoms with Crippen molar-refractivity contribution in [1.82, 2.24) is 4.90 Å². The number of rotatable bonds is 2. The Morgan fingerprint density at radius 3 is 2.57 bits per heavy atom. The van der Waals surface area contributed by atoms with E-state index in [-0.39, 0.29) is 0 Å². The zero-order valence-corrected chi connectivity index (χ0v) is 9.11.